The van der Waals surface area contributed by atoms with Crippen molar-refractivity contribution in [3.05, 3.63) is 28.2 Å². The van der Waals surface area contributed by atoms with Gasteiger partial charge in [0.1, 0.15) is 5.75 Å². The van der Waals surface area contributed by atoms with Gasteiger partial charge in [-0.15, -0.1) is 0 Å². The largest absolute Gasteiger partial charge is 0.492 e. The van der Waals surface area contributed by atoms with E-state index in [4.69, 9.17) is 9.84 Å². The highest BCUT2D eigenvalue weighted by Gasteiger charge is 2.25. The Hall–Kier alpha value is -1.03. The first kappa shape index (κ1) is 14.4. The molecule has 0 aromatic heterocycles. The molecule has 1 aliphatic rings. The average Bonchev–Trinajstić information content (AvgIpc) is 3.09. The summed E-state index contributed by atoms with van der Waals surface area (Å²) in [5.74, 6) is 0.770. The van der Waals surface area contributed by atoms with Gasteiger partial charge in [0.15, 0.2) is 0 Å². The van der Waals surface area contributed by atoms with Gasteiger partial charge in [-0.05, 0) is 52.4 Å². The van der Waals surface area contributed by atoms with Crippen LogP contribution >= 0.6 is 15.9 Å². The molecule has 0 radical (unpaired) electrons. The summed E-state index contributed by atoms with van der Waals surface area (Å²) in [7, 11) is 0. The highest BCUT2D eigenvalue weighted by molar-refractivity contribution is 9.10. The van der Waals surface area contributed by atoms with Crippen LogP contribution in [0, 0.1) is 5.92 Å². The quantitative estimate of drug-likeness (QED) is 0.859. The van der Waals surface area contributed by atoms with E-state index in [-0.39, 0.29) is 11.8 Å². The number of hydrogen-bond acceptors (Lipinski definition) is 2. The van der Waals surface area contributed by atoms with Crippen molar-refractivity contribution >= 4 is 21.9 Å². The Bertz CT molecular complexity index is 478. The molecule has 0 bridgehead atoms. The monoisotopic (exact) mass is 326 g/mol. The normalized spacial score (nSPS) is 15.3. The van der Waals surface area contributed by atoms with E-state index in [1.54, 1.807) is 0 Å². The molecule has 0 spiro atoms. The van der Waals surface area contributed by atoms with E-state index in [1.807, 2.05) is 32.0 Å². The fourth-order valence-corrected chi connectivity index (χ4v) is 2.50. The molecule has 1 aliphatic carbocycles. The van der Waals surface area contributed by atoms with Crippen LogP contribution in [0.4, 0.5) is 0 Å². The number of hydrogen-bond donors (Lipinski definition) is 1. The van der Waals surface area contributed by atoms with E-state index < -0.39 is 5.97 Å². The summed E-state index contributed by atoms with van der Waals surface area (Å²) in [6, 6.07) is 5.84. The lowest BCUT2D eigenvalue weighted by atomic mass is 9.81. The molecule has 1 aromatic carbocycles. The summed E-state index contributed by atoms with van der Waals surface area (Å²) in [4.78, 5) is 10.9. The number of carboxylic acids is 1. The average molecular weight is 327 g/mol. The van der Waals surface area contributed by atoms with E-state index in [0.717, 1.165) is 28.3 Å². The highest BCUT2D eigenvalue weighted by atomic mass is 79.9. The van der Waals surface area contributed by atoms with Gasteiger partial charge in [-0.25, -0.2) is 0 Å². The zero-order valence-electron chi connectivity index (χ0n) is 11.3. The second-order valence-electron chi connectivity index (χ2n) is 5.85. The van der Waals surface area contributed by atoms with Crippen molar-refractivity contribution in [2.45, 2.75) is 38.5 Å². The van der Waals surface area contributed by atoms with Gasteiger partial charge < -0.3 is 9.84 Å². The van der Waals surface area contributed by atoms with Crippen molar-refractivity contribution in [1.82, 2.24) is 0 Å². The van der Waals surface area contributed by atoms with Gasteiger partial charge in [-0.2, -0.15) is 0 Å². The van der Waals surface area contributed by atoms with E-state index >= 15 is 0 Å². The minimum Gasteiger partial charge on any atom is -0.492 e. The third kappa shape index (κ3) is 3.96. The van der Waals surface area contributed by atoms with Gasteiger partial charge in [0, 0.05) is 5.41 Å². The number of carboxylic acid groups (broad SMARTS) is 1. The van der Waals surface area contributed by atoms with Crippen LogP contribution in [0.5, 0.6) is 5.75 Å². The Morgan fingerprint density at radius 2 is 2.16 bits per heavy atom. The van der Waals surface area contributed by atoms with Gasteiger partial charge in [-0.1, -0.05) is 19.9 Å². The number of carbonyl (C=O) groups is 1. The van der Waals surface area contributed by atoms with Crippen LogP contribution in [-0.2, 0) is 10.2 Å². The van der Waals surface area contributed by atoms with Crippen LogP contribution in [0.1, 0.15) is 38.7 Å². The van der Waals surface area contributed by atoms with Gasteiger partial charge in [0.2, 0.25) is 0 Å². The molecule has 0 aliphatic heterocycles. The van der Waals surface area contributed by atoms with Crippen molar-refractivity contribution in [3.63, 3.8) is 0 Å². The van der Waals surface area contributed by atoms with Crippen LogP contribution in [0.3, 0.4) is 0 Å². The Labute approximate surface area is 122 Å². The zero-order valence-corrected chi connectivity index (χ0v) is 12.9. The Morgan fingerprint density at radius 3 is 2.68 bits per heavy atom. The van der Waals surface area contributed by atoms with Crippen molar-refractivity contribution in [3.8, 4) is 5.75 Å². The second-order valence-corrected chi connectivity index (χ2v) is 6.71. The lowest BCUT2D eigenvalue weighted by molar-refractivity contribution is -0.138. The third-order valence-corrected chi connectivity index (χ3v) is 4.10. The first-order chi connectivity index (χ1) is 8.88. The zero-order chi connectivity index (χ0) is 14.0. The minimum atomic E-state index is -0.782. The summed E-state index contributed by atoms with van der Waals surface area (Å²) < 4.78 is 6.64. The molecule has 1 fully saturated rings. The molecule has 19 heavy (non-hydrogen) atoms. The standard InChI is InChI=1S/C15H19BrO3/c1-15(2,8-14(17)18)11-5-6-13(12(16)7-11)19-9-10-3-4-10/h5-7,10H,3-4,8-9H2,1-2H3,(H,17,18). The summed E-state index contributed by atoms with van der Waals surface area (Å²) in [6.45, 7) is 4.65. The van der Waals surface area contributed by atoms with E-state index in [2.05, 4.69) is 15.9 Å². The van der Waals surface area contributed by atoms with Crippen molar-refractivity contribution in [2.75, 3.05) is 6.61 Å². The Morgan fingerprint density at radius 1 is 1.47 bits per heavy atom. The molecule has 1 N–H and O–H groups in total. The summed E-state index contributed by atoms with van der Waals surface area (Å²) in [5.41, 5.74) is 0.615. The molecule has 0 unspecified atom stereocenters. The van der Waals surface area contributed by atoms with E-state index in [1.165, 1.54) is 12.8 Å². The third-order valence-electron chi connectivity index (χ3n) is 3.48. The van der Waals surface area contributed by atoms with E-state index in [0.29, 0.717) is 0 Å². The second kappa shape index (κ2) is 5.53. The Kier molecular flexibility index (Phi) is 4.19. The Balaban J connectivity index is 2.10. The number of halogens is 1. The molecular weight excluding hydrogens is 308 g/mol. The predicted octanol–water partition coefficient (Wildman–Crippen LogP) is 3.99. The number of ether oxygens (including phenoxy) is 1. The van der Waals surface area contributed by atoms with Gasteiger partial charge in [0.25, 0.3) is 0 Å². The molecule has 1 saturated carbocycles. The highest BCUT2D eigenvalue weighted by Crippen LogP contribution is 2.35. The smallest absolute Gasteiger partial charge is 0.304 e. The van der Waals surface area contributed by atoms with Crippen LogP contribution in [0.25, 0.3) is 0 Å². The number of aliphatic carboxylic acids is 1. The lowest BCUT2D eigenvalue weighted by Gasteiger charge is -2.24. The molecule has 3 nitrogen and oxygen atoms in total. The van der Waals surface area contributed by atoms with Gasteiger partial charge in [-0.3, -0.25) is 4.79 Å². The van der Waals surface area contributed by atoms with Gasteiger partial charge in [0.05, 0.1) is 17.5 Å². The van der Waals surface area contributed by atoms with Crippen LogP contribution < -0.4 is 4.74 Å². The predicted molar refractivity (Wildman–Crippen MR) is 77.6 cm³/mol. The van der Waals surface area contributed by atoms with Crippen molar-refractivity contribution in [1.29, 1.82) is 0 Å². The van der Waals surface area contributed by atoms with Gasteiger partial charge >= 0.3 is 5.97 Å². The maximum atomic E-state index is 10.9. The van der Waals surface area contributed by atoms with Crippen LogP contribution in [0.2, 0.25) is 0 Å². The maximum absolute atomic E-state index is 10.9. The summed E-state index contributed by atoms with van der Waals surface area (Å²) >= 11 is 3.50. The van der Waals surface area contributed by atoms with Crippen molar-refractivity contribution in [2.24, 2.45) is 5.92 Å². The molecule has 0 amide bonds. The number of benzene rings is 1. The molecule has 0 heterocycles. The van der Waals surface area contributed by atoms with E-state index in [9.17, 15) is 4.79 Å². The topological polar surface area (TPSA) is 46.5 Å². The molecule has 0 atom stereocenters. The fourth-order valence-electron chi connectivity index (χ4n) is 2.01. The van der Waals surface area contributed by atoms with Crippen molar-refractivity contribution < 1.29 is 14.6 Å². The van der Waals surface area contributed by atoms with Crippen LogP contribution in [-0.4, -0.2) is 17.7 Å². The minimum absolute atomic E-state index is 0.113. The molecule has 1 aromatic rings. The SMILES string of the molecule is CC(C)(CC(=O)O)c1ccc(OCC2CC2)c(Br)c1. The van der Waals surface area contributed by atoms with Crippen LogP contribution in [0.15, 0.2) is 22.7 Å². The molecule has 4 heteroatoms. The molecule has 104 valence electrons. The first-order valence-electron chi connectivity index (χ1n) is 6.53. The maximum Gasteiger partial charge on any atom is 0.304 e. The lowest BCUT2D eigenvalue weighted by Crippen LogP contribution is -2.21. The molecular formula is C15H19BrO3. The molecule has 2 rings (SSSR count). The summed E-state index contributed by atoms with van der Waals surface area (Å²) in [6.07, 6.45) is 2.64. The first-order valence-corrected chi connectivity index (χ1v) is 7.32. The fraction of sp³-hybridized carbons (Fsp3) is 0.533. The number of rotatable bonds is 6. The molecule has 0 saturated heterocycles. The summed E-state index contributed by atoms with van der Waals surface area (Å²) in [5, 5.41) is 8.95.